The van der Waals surface area contributed by atoms with Gasteiger partial charge in [-0.1, -0.05) is 6.07 Å². The topological polar surface area (TPSA) is 83.6 Å². The molecule has 0 aliphatic carbocycles. The third-order valence-corrected chi connectivity index (χ3v) is 3.94. The Kier molecular flexibility index (Phi) is 2.69. The van der Waals surface area contributed by atoms with Crippen molar-refractivity contribution >= 4 is 23.6 Å². The average Bonchev–Trinajstić information content (AvgIpc) is 2.68. The van der Waals surface area contributed by atoms with Crippen LogP contribution in [0.5, 0.6) is 0 Å². The fourth-order valence-corrected chi connectivity index (χ4v) is 2.70. The van der Waals surface area contributed by atoms with E-state index in [1.165, 1.54) is 19.1 Å². The van der Waals surface area contributed by atoms with Crippen LogP contribution in [0.25, 0.3) is 0 Å². The van der Waals surface area contributed by atoms with Crippen LogP contribution in [-0.4, -0.2) is 34.1 Å². The maximum atomic E-state index is 13.8. The van der Waals surface area contributed by atoms with Crippen LogP contribution < -0.4 is 5.32 Å². The second-order valence-corrected chi connectivity index (χ2v) is 5.26. The van der Waals surface area contributed by atoms with Gasteiger partial charge in [0, 0.05) is 6.42 Å². The molecule has 21 heavy (non-hydrogen) atoms. The highest BCUT2D eigenvalue weighted by Crippen LogP contribution is 2.34. The molecule has 0 unspecified atom stereocenters. The number of carbonyl (C=O) groups excluding carboxylic acids is 4. The fourth-order valence-electron chi connectivity index (χ4n) is 2.70. The Morgan fingerprint density at radius 2 is 1.90 bits per heavy atom. The number of nitrogens with one attached hydrogen (secondary N) is 1. The van der Waals surface area contributed by atoms with Gasteiger partial charge in [0.15, 0.2) is 0 Å². The maximum Gasteiger partial charge on any atom is 0.265 e. The lowest BCUT2D eigenvalue weighted by molar-refractivity contribution is -0.140. The first-order valence-corrected chi connectivity index (χ1v) is 6.38. The Bertz CT molecular complexity index is 715. The maximum absolute atomic E-state index is 13.8. The summed E-state index contributed by atoms with van der Waals surface area (Å²) < 4.78 is 13.8. The Morgan fingerprint density at radius 3 is 2.52 bits per heavy atom. The molecular formula is C14H11FN2O4. The smallest absolute Gasteiger partial charge is 0.265 e. The van der Waals surface area contributed by atoms with Crippen LogP contribution in [0.2, 0.25) is 0 Å². The van der Waals surface area contributed by atoms with E-state index in [1.54, 1.807) is 0 Å². The zero-order chi connectivity index (χ0) is 15.4. The van der Waals surface area contributed by atoms with Gasteiger partial charge in [0.05, 0.1) is 11.1 Å². The first-order valence-electron chi connectivity index (χ1n) is 6.38. The number of fused-ring (bicyclic) bond motifs is 1. The highest BCUT2D eigenvalue weighted by atomic mass is 19.1. The summed E-state index contributed by atoms with van der Waals surface area (Å²) in [5.74, 6) is -3.56. The third-order valence-electron chi connectivity index (χ3n) is 3.94. The number of halogens is 1. The van der Waals surface area contributed by atoms with E-state index in [9.17, 15) is 23.6 Å². The molecule has 0 bridgehead atoms. The van der Waals surface area contributed by atoms with Gasteiger partial charge in [0.1, 0.15) is 11.4 Å². The van der Waals surface area contributed by atoms with Crippen molar-refractivity contribution in [1.29, 1.82) is 0 Å². The number of piperidine rings is 1. The lowest BCUT2D eigenvalue weighted by Crippen LogP contribution is -2.62. The van der Waals surface area contributed by atoms with Crippen molar-refractivity contribution in [2.75, 3.05) is 0 Å². The molecule has 0 saturated carbocycles. The van der Waals surface area contributed by atoms with E-state index < -0.39 is 35.0 Å². The summed E-state index contributed by atoms with van der Waals surface area (Å²) >= 11 is 0. The first-order chi connectivity index (χ1) is 9.86. The molecule has 7 heteroatoms. The summed E-state index contributed by atoms with van der Waals surface area (Å²) in [5, 5.41) is 2.11. The molecule has 1 fully saturated rings. The highest BCUT2D eigenvalue weighted by molar-refractivity contribution is 6.24. The van der Waals surface area contributed by atoms with E-state index in [-0.39, 0.29) is 24.0 Å². The molecule has 2 heterocycles. The minimum atomic E-state index is -1.49. The summed E-state index contributed by atoms with van der Waals surface area (Å²) in [6.07, 6.45) is 0.0306. The first kappa shape index (κ1) is 13.4. The van der Waals surface area contributed by atoms with Crippen molar-refractivity contribution in [1.82, 2.24) is 10.2 Å². The molecule has 1 saturated heterocycles. The van der Waals surface area contributed by atoms with Crippen molar-refractivity contribution in [2.24, 2.45) is 0 Å². The van der Waals surface area contributed by atoms with E-state index >= 15 is 0 Å². The van der Waals surface area contributed by atoms with Crippen LogP contribution in [0.1, 0.15) is 40.5 Å². The highest BCUT2D eigenvalue weighted by Gasteiger charge is 2.53. The van der Waals surface area contributed by atoms with E-state index in [2.05, 4.69) is 5.32 Å². The van der Waals surface area contributed by atoms with Gasteiger partial charge in [-0.15, -0.1) is 0 Å². The van der Waals surface area contributed by atoms with Crippen molar-refractivity contribution in [2.45, 2.75) is 25.3 Å². The molecule has 2 aliphatic heterocycles. The fraction of sp³-hybridized carbons (Fsp3) is 0.286. The Hall–Kier alpha value is -2.57. The number of nitrogens with zero attached hydrogens (tertiary/aromatic N) is 1. The molecule has 0 radical (unpaired) electrons. The number of hydrogen-bond acceptors (Lipinski definition) is 4. The predicted octanol–water partition coefficient (Wildman–Crippen LogP) is 0.617. The Morgan fingerprint density at radius 1 is 1.19 bits per heavy atom. The standard InChI is InChI=1S/C14H11FN2O4/c1-14(6-5-9(18)16-13(14)21)17-11(19)7-3-2-4-8(15)10(7)12(17)20/h2-4H,5-6H2,1H3,(H,16,18,21)/t14-/m1/s1. The number of hydrogen-bond donors (Lipinski definition) is 1. The van der Waals surface area contributed by atoms with Gasteiger partial charge >= 0.3 is 0 Å². The molecule has 0 spiro atoms. The number of carbonyl (C=O) groups is 4. The third kappa shape index (κ3) is 1.70. The van der Waals surface area contributed by atoms with Gasteiger partial charge in [-0.25, -0.2) is 4.39 Å². The number of imide groups is 2. The van der Waals surface area contributed by atoms with Crippen molar-refractivity contribution < 1.29 is 23.6 Å². The molecule has 6 nitrogen and oxygen atoms in total. The van der Waals surface area contributed by atoms with Crippen LogP contribution in [-0.2, 0) is 9.59 Å². The van der Waals surface area contributed by atoms with Crippen LogP contribution in [0.15, 0.2) is 18.2 Å². The van der Waals surface area contributed by atoms with Gasteiger partial charge in [0.25, 0.3) is 17.7 Å². The largest absolute Gasteiger partial charge is 0.294 e. The molecule has 4 amide bonds. The van der Waals surface area contributed by atoms with E-state index in [0.717, 1.165) is 11.0 Å². The number of rotatable bonds is 1. The molecule has 1 aromatic rings. The zero-order valence-corrected chi connectivity index (χ0v) is 11.1. The van der Waals surface area contributed by atoms with Gasteiger partial charge in [-0.05, 0) is 25.5 Å². The van der Waals surface area contributed by atoms with Gasteiger partial charge < -0.3 is 0 Å². The molecule has 108 valence electrons. The minimum Gasteiger partial charge on any atom is -0.294 e. The van der Waals surface area contributed by atoms with Crippen molar-refractivity contribution in [3.8, 4) is 0 Å². The molecule has 1 N–H and O–H groups in total. The molecule has 1 atom stereocenters. The van der Waals surface area contributed by atoms with Gasteiger partial charge in [0.2, 0.25) is 5.91 Å². The molecular weight excluding hydrogens is 279 g/mol. The quantitative estimate of drug-likeness (QED) is 0.768. The summed E-state index contributed by atoms with van der Waals surface area (Å²) in [6, 6.07) is 3.75. The normalized spacial score (nSPS) is 25.1. The second-order valence-electron chi connectivity index (χ2n) is 5.26. The lowest BCUT2D eigenvalue weighted by atomic mass is 9.89. The molecule has 0 aromatic heterocycles. The lowest BCUT2D eigenvalue weighted by Gasteiger charge is -2.38. The summed E-state index contributed by atoms with van der Waals surface area (Å²) in [5.41, 5.74) is -1.88. The average molecular weight is 290 g/mol. The summed E-state index contributed by atoms with van der Waals surface area (Å²) in [7, 11) is 0. The Balaban J connectivity index is 2.08. The van der Waals surface area contributed by atoms with Crippen LogP contribution in [0.4, 0.5) is 4.39 Å². The van der Waals surface area contributed by atoms with Crippen LogP contribution in [0, 0.1) is 5.82 Å². The predicted molar refractivity (Wildman–Crippen MR) is 67.7 cm³/mol. The number of amides is 4. The summed E-state index contributed by atoms with van der Waals surface area (Å²) in [4.78, 5) is 48.8. The zero-order valence-electron chi connectivity index (χ0n) is 11.1. The van der Waals surface area contributed by atoms with Crippen LogP contribution >= 0.6 is 0 Å². The Labute approximate surface area is 118 Å². The SMILES string of the molecule is C[C@@]1(N2C(=O)c3cccc(F)c3C2=O)CCC(=O)NC1=O. The van der Waals surface area contributed by atoms with E-state index in [0.29, 0.717) is 0 Å². The van der Waals surface area contributed by atoms with Crippen LogP contribution in [0.3, 0.4) is 0 Å². The van der Waals surface area contributed by atoms with Crippen molar-refractivity contribution in [3.63, 3.8) is 0 Å². The number of benzene rings is 1. The van der Waals surface area contributed by atoms with E-state index in [4.69, 9.17) is 0 Å². The monoisotopic (exact) mass is 290 g/mol. The molecule has 3 rings (SSSR count). The summed E-state index contributed by atoms with van der Waals surface area (Å²) in [6.45, 7) is 1.40. The van der Waals surface area contributed by atoms with E-state index in [1.807, 2.05) is 0 Å². The molecule has 1 aromatic carbocycles. The second kappa shape index (κ2) is 4.21. The van der Waals surface area contributed by atoms with Gasteiger partial charge in [-0.3, -0.25) is 29.4 Å². The molecule has 2 aliphatic rings. The van der Waals surface area contributed by atoms with Crippen molar-refractivity contribution in [3.05, 3.63) is 35.1 Å². The van der Waals surface area contributed by atoms with Gasteiger partial charge in [-0.2, -0.15) is 0 Å². The minimum absolute atomic E-state index is 0.0120.